The fourth-order valence-electron chi connectivity index (χ4n) is 2.81. The molecule has 1 fully saturated rings. The molecule has 0 aliphatic carbocycles. The van der Waals surface area contributed by atoms with Crippen LogP contribution in [0.4, 0.5) is 5.69 Å². The predicted molar refractivity (Wildman–Crippen MR) is 82.4 cm³/mol. The number of hydrogen-bond donors (Lipinski definition) is 2. The number of carbonyl (C=O) groups excluding carboxylic acids is 1. The molecule has 0 bridgehead atoms. The van der Waals surface area contributed by atoms with Crippen LogP contribution in [-0.4, -0.2) is 45.2 Å². The van der Waals surface area contributed by atoms with E-state index in [1.165, 1.54) is 16.8 Å². The Morgan fingerprint density at radius 2 is 2.00 bits per heavy atom. The minimum atomic E-state index is 0.0680. The third kappa shape index (κ3) is 3.73. The molecule has 0 spiro atoms. The van der Waals surface area contributed by atoms with Crippen LogP contribution in [-0.2, 0) is 4.79 Å². The minimum absolute atomic E-state index is 0.0680. The Kier molecular flexibility index (Phi) is 5.01. The molecule has 2 rings (SSSR count). The summed E-state index contributed by atoms with van der Waals surface area (Å²) in [6.45, 7) is 12.3. The average Bonchev–Trinajstić information content (AvgIpc) is 2.42. The Hall–Kier alpha value is -1.55. The van der Waals surface area contributed by atoms with Crippen LogP contribution in [0.25, 0.3) is 0 Å². The number of benzene rings is 1. The Balaban J connectivity index is 1.85. The summed E-state index contributed by atoms with van der Waals surface area (Å²) in [7, 11) is 0. The number of amides is 1. The number of quaternary nitrogens is 1. The second-order valence-electron chi connectivity index (χ2n) is 5.69. The zero-order valence-corrected chi connectivity index (χ0v) is 12.8. The van der Waals surface area contributed by atoms with Crippen molar-refractivity contribution in [2.75, 3.05) is 44.2 Å². The molecular weight excluding hydrogens is 250 g/mol. The molecule has 1 heterocycles. The molecule has 0 radical (unpaired) electrons. The molecular formula is C16H26N3O+. The van der Waals surface area contributed by atoms with Gasteiger partial charge in [-0.3, -0.25) is 4.79 Å². The van der Waals surface area contributed by atoms with Crippen LogP contribution in [0.1, 0.15) is 18.1 Å². The highest BCUT2D eigenvalue weighted by Gasteiger charge is 2.20. The molecule has 0 aromatic heterocycles. The van der Waals surface area contributed by atoms with E-state index in [1.807, 2.05) is 0 Å². The molecule has 20 heavy (non-hydrogen) atoms. The Morgan fingerprint density at radius 1 is 1.30 bits per heavy atom. The first-order chi connectivity index (χ1) is 9.58. The summed E-state index contributed by atoms with van der Waals surface area (Å²) in [6.07, 6.45) is 0. The van der Waals surface area contributed by atoms with Crippen molar-refractivity contribution in [2.24, 2.45) is 0 Å². The highest BCUT2D eigenvalue weighted by Crippen LogP contribution is 2.22. The van der Waals surface area contributed by atoms with E-state index in [-0.39, 0.29) is 5.91 Å². The van der Waals surface area contributed by atoms with Crippen LogP contribution >= 0.6 is 0 Å². The molecule has 1 saturated heterocycles. The zero-order chi connectivity index (χ0) is 14.5. The fourth-order valence-corrected chi connectivity index (χ4v) is 2.81. The van der Waals surface area contributed by atoms with Gasteiger partial charge in [0.15, 0.2) is 0 Å². The van der Waals surface area contributed by atoms with Crippen LogP contribution < -0.4 is 15.1 Å². The molecule has 1 aliphatic heterocycles. The van der Waals surface area contributed by atoms with Gasteiger partial charge in [-0.25, -0.2) is 0 Å². The lowest BCUT2D eigenvalue weighted by atomic mass is 10.1. The van der Waals surface area contributed by atoms with Gasteiger partial charge >= 0.3 is 0 Å². The van der Waals surface area contributed by atoms with Crippen molar-refractivity contribution < 1.29 is 9.69 Å². The molecule has 1 aliphatic rings. The maximum atomic E-state index is 10.9. The van der Waals surface area contributed by atoms with Crippen molar-refractivity contribution in [2.45, 2.75) is 20.8 Å². The predicted octanol–water partition coefficient (Wildman–Crippen LogP) is 0.144. The summed E-state index contributed by atoms with van der Waals surface area (Å²) in [6, 6.07) is 6.55. The number of anilines is 1. The van der Waals surface area contributed by atoms with E-state index >= 15 is 0 Å². The maximum Gasteiger partial charge on any atom is 0.217 e. The lowest BCUT2D eigenvalue weighted by Crippen LogP contribution is -3.15. The Bertz CT molecular complexity index is 465. The van der Waals surface area contributed by atoms with E-state index < -0.39 is 0 Å². The Morgan fingerprint density at radius 3 is 2.65 bits per heavy atom. The minimum Gasteiger partial charge on any atom is -0.360 e. The number of nitrogens with zero attached hydrogens (tertiary/aromatic N) is 1. The van der Waals surface area contributed by atoms with Gasteiger partial charge in [-0.2, -0.15) is 0 Å². The number of hydrogen-bond acceptors (Lipinski definition) is 2. The van der Waals surface area contributed by atoms with Crippen molar-refractivity contribution in [3.05, 3.63) is 29.3 Å². The van der Waals surface area contributed by atoms with E-state index in [9.17, 15) is 4.79 Å². The van der Waals surface area contributed by atoms with Crippen molar-refractivity contribution in [1.29, 1.82) is 0 Å². The number of aryl methyl sites for hydroxylation is 1. The molecule has 0 atom stereocenters. The molecule has 1 aromatic carbocycles. The monoisotopic (exact) mass is 276 g/mol. The van der Waals surface area contributed by atoms with Gasteiger partial charge in [0, 0.05) is 12.6 Å². The fraction of sp³-hybridized carbons (Fsp3) is 0.562. The second-order valence-corrected chi connectivity index (χ2v) is 5.69. The summed E-state index contributed by atoms with van der Waals surface area (Å²) >= 11 is 0. The first-order valence-electron chi connectivity index (χ1n) is 7.47. The van der Waals surface area contributed by atoms with Gasteiger partial charge in [0.2, 0.25) is 5.91 Å². The van der Waals surface area contributed by atoms with Crippen LogP contribution in [0.3, 0.4) is 0 Å². The topological polar surface area (TPSA) is 36.8 Å². The maximum absolute atomic E-state index is 10.9. The number of nitrogens with one attached hydrogen (secondary N) is 2. The van der Waals surface area contributed by atoms with E-state index in [1.54, 1.807) is 11.8 Å². The van der Waals surface area contributed by atoms with Gasteiger partial charge in [0.25, 0.3) is 0 Å². The molecule has 0 unspecified atom stereocenters. The van der Waals surface area contributed by atoms with Gasteiger partial charge in [-0.1, -0.05) is 12.1 Å². The second kappa shape index (κ2) is 6.75. The van der Waals surface area contributed by atoms with Crippen LogP contribution in [0, 0.1) is 13.8 Å². The van der Waals surface area contributed by atoms with Crippen molar-refractivity contribution in [1.82, 2.24) is 5.32 Å². The average molecular weight is 276 g/mol. The first kappa shape index (κ1) is 14.9. The molecule has 110 valence electrons. The quantitative estimate of drug-likeness (QED) is 0.821. The van der Waals surface area contributed by atoms with Gasteiger partial charge in [0.1, 0.15) is 0 Å². The molecule has 2 N–H and O–H groups in total. The summed E-state index contributed by atoms with van der Waals surface area (Å²) in [5.41, 5.74) is 4.14. The number of rotatable bonds is 4. The Labute approximate surface area is 121 Å². The molecule has 1 amide bonds. The summed E-state index contributed by atoms with van der Waals surface area (Å²) < 4.78 is 0. The molecule has 4 heteroatoms. The molecule has 0 saturated carbocycles. The third-order valence-corrected chi connectivity index (χ3v) is 4.24. The zero-order valence-electron chi connectivity index (χ0n) is 12.8. The number of piperazine rings is 1. The van der Waals surface area contributed by atoms with Gasteiger partial charge in [-0.05, 0) is 31.0 Å². The smallest absolute Gasteiger partial charge is 0.217 e. The van der Waals surface area contributed by atoms with Gasteiger partial charge < -0.3 is 15.1 Å². The highest BCUT2D eigenvalue weighted by molar-refractivity contribution is 5.72. The largest absolute Gasteiger partial charge is 0.360 e. The van der Waals surface area contributed by atoms with Gasteiger partial charge in [-0.15, -0.1) is 0 Å². The van der Waals surface area contributed by atoms with E-state index in [2.05, 4.69) is 42.3 Å². The van der Waals surface area contributed by atoms with Crippen LogP contribution in [0.5, 0.6) is 0 Å². The SMILES string of the molecule is CC(=O)NCC[NH+]1CCN(c2cccc(C)c2C)CC1. The normalized spacial score (nSPS) is 16.2. The lowest BCUT2D eigenvalue weighted by Gasteiger charge is -2.34. The number of carbonyl (C=O) groups is 1. The van der Waals surface area contributed by atoms with E-state index in [4.69, 9.17) is 0 Å². The van der Waals surface area contributed by atoms with Crippen molar-refractivity contribution >= 4 is 11.6 Å². The standard InChI is InChI=1S/C16H25N3O/c1-13-5-4-6-16(14(13)2)19-11-9-18(10-12-19)8-7-17-15(3)20/h4-6H,7-12H2,1-3H3,(H,17,20)/p+1. The summed E-state index contributed by atoms with van der Waals surface area (Å²) in [5.74, 6) is 0.0680. The van der Waals surface area contributed by atoms with E-state index in [0.717, 1.165) is 39.3 Å². The molecule has 1 aromatic rings. The lowest BCUT2D eigenvalue weighted by molar-refractivity contribution is -0.899. The third-order valence-electron chi connectivity index (χ3n) is 4.24. The summed E-state index contributed by atoms with van der Waals surface area (Å²) in [5, 5.41) is 2.88. The summed E-state index contributed by atoms with van der Waals surface area (Å²) in [4.78, 5) is 14.9. The first-order valence-corrected chi connectivity index (χ1v) is 7.47. The van der Waals surface area contributed by atoms with Gasteiger partial charge in [0.05, 0.1) is 39.3 Å². The van der Waals surface area contributed by atoms with Crippen LogP contribution in [0.15, 0.2) is 18.2 Å². The van der Waals surface area contributed by atoms with Crippen LogP contribution in [0.2, 0.25) is 0 Å². The highest BCUT2D eigenvalue weighted by atomic mass is 16.1. The van der Waals surface area contributed by atoms with Crippen molar-refractivity contribution in [3.63, 3.8) is 0 Å². The van der Waals surface area contributed by atoms with Crippen molar-refractivity contribution in [3.8, 4) is 0 Å². The molecule has 4 nitrogen and oxygen atoms in total. The van der Waals surface area contributed by atoms with E-state index in [0.29, 0.717) is 0 Å².